The standard InChI is InChI=1S/C24H16Cl2N2O2.O2S/c1-30-24(29)19-9-10-21(25)20(23(19)26)13-18-12-16-8-7-15(14-27)11-22(16)28(18)17-5-3-2-4-6-17;1-3-2/h2-12H,13H2,1H3;. The van der Waals surface area contributed by atoms with Crippen molar-refractivity contribution in [3.05, 3.63) is 99.2 Å². The molecule has 0 radical (unpaired) electrons. The van der Waals surface area contributed by atoms with Crippen molar-refractivity contribution in [2.24, 2.45) is 0 Å². The lowest BCUT2D eigenvalue weighted by molar-refractivity contribution is 0.0601. The zero-order valence-corrected chi connectivity index (χ0v) is 19.6. The van der Waals surface area contributed by atoms with E-state index >= 15 is 0 Å². The van der Waals surface area contributed by atoms with Gasteiger partial charge in [0.15, 0.2) is 0 Å². The lowest BCUT2D eigenvalue weighted by Gasteiger charge is -2.14. The zero-order valence-electron chi connectivity index (χ0n) is 17.2. The quantitative estimate of drug-likeness (QED) is 0.345. The number of rotatable bonds is 4. The molecule has 0 aliphatic heterocycles. The van der Waals surface area contributed by atoms with Gasteiger partial charge in [-0.05, 0) is 48.0 Å². The van der Waals surface area contributed by atoms with E-state index in [1.54, 1.807) is 18.2 Å². The molecular weight excluding hydrogens is 483 g/mol. The van der Waals surface area contributed by atoms with Crippen LogP contribution in [0.4, 0.5) is 0 Å². The molecule has 0 saturated carbocycles. The van der Waals surface area contributed by atoms with Crippen LogP contribution in [0.3, 0.4) is 0 Å². The third kappa shape index (κ3) is 5.15. The third-order valence-corrected chi connectivity index (χ3v) is 5.76. The number of benzene rings is 3. The monoisotopic (exact) mass is 498 g/mol. The number of fused-ring (bicyclic) bond motifs is 1. The van der Waals surface area contributed by atoms with E-state index in [-0.39, 0.29) is 10.6 Å². The summed E-state index contributed by atoms with van der Waals surface area (Å²) < 4.78 is 23.5. The van der Waals surface area contributed by atoms with Crippen LogP contribution in [0, 0.1) is 11.3 Å². The molecule has 0 atom stereocenters. The summed E-state index contributed by atoms with van der Waals surface area (Å²) in [5.41, 5.74) is 4.28. The van der Waals surface area contributed by atoms with E-state index in [4.69, 9.17) is 36.4 Å². The largest absolute Gasteiger partial charge is 0.465 e. The lowest BCUT2D eigenvalue weighted by Crippen LogP contribution is -2.06. The molecule has 0 amide bonds. The Morgan fingerprint density at radius 1 is 1.06 bits per heavy atom. The van der Waals surface area contributed by atoms with Crippen LogP contribution in [0.2, 0.25) is 10.0 Å². The van der Waals surface area contributed by atoms with E-state index in [9.17, 15) is 10.1 Å². The molecule has 4 rings (SSSR count). The van der Waals surface area contributed by atoms with Crippen LogP contribution in [0.5, 0.6) is 0 Å². The summed E-state index contributed by atoms with van der Waals surface area (Å²) in [5, 5.41) is 11.1. The minimum atomic E-state index is -0.750. The third-order valence-electron chi connectivity index (χ3n) is 4.97. The van der Waals surface area contributed by atoms with Crippen molar-refractivity contribution in [3.63, 3.8) is 0 Å². The number of halogens is 2. The van der Waals surface area contributed by atoms with Crippen molar-refractivity contribution < 1.29 is 17.9 Å². The summed E-state index contributed by atoms with van der Waals surface area (Å²) in [6, 6.07) is 22.9. The fourth-order valence-corrected chi connectivity index (χ4v) is 4.13. The van der Waals surface area contributed by atoms with Gasteiger partial charge < -0.3 is 9.30 Å². The first-order valence-corrected chi connectivity index (χ1v) is 10.9. The number of methoxy groups -OCH3 is 1. The van der Waals surface area contributed by atoms with Crippen molar-refractivity contribution in [1.29, 1.82) is 5.26 Å². The predicted octanol–water partition coefficient (Wildman–Crippen LogP) is 5.52. The first-order valence-electron chi connectivity index (χ1n) is 9.52. The Bertz CT molecular complexity index is 1410. The molecule has 33 heavy (non-hydrogen) atoms. The Labute approximate surface area is 203 Å². The highest BCUT2D eigenvalue weighted by Gasteiger charge is 2.19. The van der Waals surface area contributed by atoms with Crippen LogP contribution in [0.1, 0.15) is 27.2 Å². The van der Waals surface area contributed by atoms with Gasteiger partial charge >= 0.3 is 17.5 Å². The number of nitrogens with zero attached hydrogens (tertiary/aromatic N) is 2. The maximum atomic E-state index is 12.1. The number of hydrogen-bond acceptors (Lipinski definition) is 5. The first-order chi connectivity index (χ1) is 15.9. The van der Waals surface area contributed by atoms with Crippen LogP contribution in [-0.4, -0.2) is 26.1 Å². The molecule has 0 fully saturated rings. The zero-order chi connectivity index (χ0) is 24.0. The summed E-state index contributed by atoms with van der Waals surface area (Å²) in [6.45, 7) is 0. The van der Waals surface area contributed by atoms with Crippen LogP contribution in [0.25, 0.3) is 16.6 Å². The molecule has 4 aromatic rings. The van der Waals surface area contributed by atoms with Gasteiger partial charge in [-0.3, -0.25) is 0 Å². The van der Waals surface area contributed by atoms with Crippen molar-refractivity contribution in [2.75, 3.05) is 7.11 Å². The average Bonchev–Trinajstić information content (AvgIpc) is 3.19. The van der Waals surface area contributed by atoms with Gasteiger partial charge in [0, 0.05) is 28.2 Å². The Hall–Kier alpha value is -3.44. The fraction of sp³-hybridized carbons (Fsp3) is 0.0833. The molecule has 0 spiro atoms. The van der Waals surface area contributed by atoms with Crippen molar-refractivity contribution >= 4 is 51.6 Å². The van der Waals surface area contributed by atoms with Gasteiger partial charge in [-0.25, -0.2) is 4.79 Å². The number of para-hydroxylation sites is 1. The maximum Gasteiger partial charge on any atom is 0.339 e. The van der Waals surface area contributed by atoms with Gasteiger partial charge in [0.2, 0.25) is 0 Å². The maximum absolute atomic E-state index is 12.1. The van der Waals surface area contributed by atoms with E-state index in [1.165, 1.54) is 7.11 Å². The molecule has 0 saturated heterocycles. The molecule has 0 aliphatic carbocycles. The Kier molecular flexibility index (Phi) is 8.01. The van der Waals surface area contributed by atoms with E-state index in [0.29, 0.717) is 22.6 Å². The molecular formula is C24H16Cl2N2O4S. The second-order valence-electron chi connectivity index (χ2n) is 6.82. The topological polar surface area (TPSA) is 89.2 Å². The van der Waals surface area contributed by atoms with Gasteiger partial charge in [0.1, 0.15) is 0 Å². The Morgan fingerprint density at radius 2 is 1.76 bits per heavy atom. The number of hydrogen-bond donors (Lipinski definition) is 0. The number of ether oxygens (including phenoxy) is 1. The molecule has 3 aromatic carbocycles. The van der Waals surface area contributed by atoms with Gasteiger partial charge in [-0.1, -0.05) is 47.5 Å². The van der Waals surface area contributed by atoms with Crippen LogP contribution >= 0.6 is 23.2 Å². The normalized spacial score (nSPS) is 10.1. The highest BCUT2D eigenvalue weighted by atomic mass is 35.5. The summed E-state index contributed by atoms with van der Waals surface area (Å²) in [6.07, 6.45) is 0.397. The minimum Gasteiger partial charge on any atom is -0.465 e. The minimum absolute atomic E-state index is 0.271. The van der Waals surface area contributed by atoms with Crippen molar-refractivity contribution in [1.82, 2.24) is 4.57 Å². The van der Waals surface area contributed by atoms with Crippen LogP contribution < -0.4 is 0 Å². The smallest absolute Gasteiger partial charge is 0.339 e. The fourth-order valence-electron chi connectivity index (χ4n) is 3.55. The summed E-state index contributed by atoms with van der Waals surface area (Å²) in [7, 11) is 1.31. The van der Waals surface area contributed by atoms with E-state index < -0.39 is 17.5 Å². The van der Waals surface area contributed by atoms with Gasteiger partial charge in [-0.2, -0.15) is 13.7 Å². The van der Waals surface area contributed by atoms with E-state index in [1.807, 2.05) is 48.5 Å². The molecule has 6 nitrogen and oxygen atoms in total. The van der Waals surface area contributed by atoms with Gasteiger partial charge in [-0.15, -0.1) is 0 Å². The number of carbonyl (C=O) groups is 1. The molecule has 0 bridgehead atoms. The SMILES string of the molecule is COC(=O)c1ccc(Cl)c(Cc2cc3ccc(C#N)cc3n2-c2ccccc2)c1Cl.O=S=O. The summed E-state index contributed by atoms with van der Waals surface area (Å²) in [5.74, 6) is -0.514. The Morgan fingerprint density at radius 3 is 2.39 bits per heavy atom. The number of aromatic nitrogens is 1. The van der Waals surface area contributed by atoms with Gasteiger partial charge in [0.25, 0.3) is 0 Å². The molecule has 166 valence electrons. The first kappa shape index (κ1) is 24.2. The second kappa shape index (κ2) is 10.9. The predicted molar refractivity (Wildman–Crippen MR) is 128 cm³/mol. The molecule has 0 aliphatic rings. The molecule has 1 heterocycles. The van der Waals surface area contributed by atoms with Gasteiger partial charge in [0.05, 0.1) is 34.8 Å². The number of carbonyl (C=O) groups excluding carboxylic acids is 1. The summed E-state index contributed by atoms with van der Waals surface area (Å²) >= 11 is 12.2. The molecule has 0 unspecified atom stereocenters. The number of esters is 1. The van der Waals surface area contributed by atoms with E-state index in [0.717, 1.165) is 22.3 Å². The Balaban J connectivity index is 0.000000968. The molecule has 0 N–H and O–H groups in total. The van der Waals surface area contributed by atoms with Crippen molar-refractivity contribution in [2.45, 2.75) is 6.42 Å². The summed E-state index contributed by atoms with van der Waals surface area (Å²) in [4.78, 5) is 12.1. The van der Waals surface area contributed by atoms with Crippen LogP contribution in [-0.2, 0) is 22.7 Å². The number of nitriles is 1. The average molecular weight is 499 g/mol. The van der Waals surface area contributed by atoms with E-state index in [2.05, 4.69) is 10.6 Å². The molecule has 9 heteroatoms. The second-order valence-corrected chi connectivity index (χ2v) is 7.74. The highest BCUT2D eigenvalue weighted by molar-refractivity contribution is 7.51. The lowest BCUT2D eigenvalue weighted by atomic mass is 10.1. The molecule has 1 aromatic heterocycles. The van der Waals surface area contributed by atoms with Crippen molar-refractivity contribution in [3.8, 4) is 11.8 Å². The van der Waals surface area contributed by atoms with Crippen LogP contribution in [0.15, 0.2) is 66.7 Å². The highest BCUT2D eigenvalue weighted by Crippen LogP contribution is 2.33.